The van der Waals surface area contributed by atoms with Gasteiger partial charge in [0, 0.05) is 11.6 Å². The SMILES string of the molecule is CCCC(C)NC(C)(C)C(C)(C)C(=O)OC. The van der Waals surface area contributed by atoms with Gasteiger partial charge >= 0.3 is 5.97 Å². The lowest BCUT2D eigenvalue weighted by Gasteiger charge is -2.42. The highest BCUT2D eigenvalue weighted by Gasteiger charge is 2.44. The fraction of sp³-hybridized carbons (Fsp3) is 0.923. The number of carbonyl (C=O) groups excluding carboxylic acids is 1. The van der Waals surface area contributed by atoms with E-state index in [0.717, 1.165) is 12.8 Å². The maximum absolute atomic E-state index is 11.8. The molecule has 0 aliphatic heterocycles. The largest absolute Gasteiger partial charge is 0.469 e. The number of hydrogen-bond donors (Lipinski definition) is 1. The summed E-state index contributed by atoms with van der Waals surface area (Å²) in [6.07, 6.45) is 2.25. The van der Waals surface area contributed by atoms with Gasteiger partial charge in [0.1, 0.15) is 0 Å². The fourth-order valence-corrected chi connectivity index (χ4v) is 1.81. The van der Waals surface area contributed by atoms with Crippen molar-refractivity contribution in [3.05, 3.63) is 0 Å². The molecule has 0 saturated heterocycles. The van der Waals surface area contributed by atoms with Crippen LogP contribution in [0.15, 0.2) is 0 Å². The van der Waals surface area contributed by atoms with Gasteiger partial charge in [-0.25, -0.2) is 0 Å². The monoisotopic (exact) mass is 229 g/mol. The van der Waals surface area contributed by atoms with Crippen molar-refractivity contribution in [2.45, 2.75) is 66.0 Å². The maximum atomic E-state index is 11.8. The first-order valence-electron chi connectivity index (χ1n) is 6.05. The Bertz CT molecular complexity index is 234. The standard InChI is InChI=1S/C13H27NO2/c1-8-9-10(2)14-13(5,6)12(3,4)11(15)16-7/h10,14H,8-9H2,1-7H3. The van der Waals surface area contributed by atoms with E-state index in [2.05, 4.69) is 33.0 Å². The van der Waals surface area contributed by atoms with E-state index in [4.69, 9.17) is 4.74 Å². The summed E-state index contributed by atoms with van der Waals surface area (Å²) in [7, 11) is 1.44. The van der Waals surface area contributed by atoms with E-state index in [1.54, 1.807) is 0 Å². The molecule has 96 valence electrons. The van der Waals surface area contributed by atoms with E-state index >= 15 is 0 Å². The number of rotatable bonds is 6. The summed E-state index contributed by atoms with van der Waals surface area (Å²) in [5.74, 6) is -0.173. The molecule has 0 aromatic rings. The molecule has 0 spiro atoms. The van der Waals surface area contributed by atoms with Crippen molar-refractivity contribution in [1.82, 2.24) is 5.32 Å². The molecule has 1 N–H and O–H groups in total. The van der Waals surface area contributed by atoms with Crippen LogP contribution in [-0.4, -0.2) is 24.7 Å². The van der Waals surface area contributed by atoms with Crippen LogP contribution in [0.2, 0.25) is 0 Å². The minimum Gasteiger partial charge on any atom is -0.469 e. The quantitative estimate of drug-likeness (QED) is 0.712. The molecule has 0 aliphatic rings. The number of methoxy groups -OCH3 is 1. The normalized spacial score (nSPS) is 14.7. The molecule has 0 aromatic carbocycles. The molecule has 1 unspecified atom stereocenters. The summed E-state index contributed by atoms with van der Waals surface area (Å²) >= 11 is 0. The third-order valence-corrected chi connectivity index (χ3v) is 3.59. The Morgan fingerprint density at radius 3 is 2.19 bits per heavy atom. The van der Waals surface area contributed by atoms with Crippen molar-refractivity contribution >= 4 is 5.97 Å². The average molecular weight is 229 g/mol. The Morgan fingerprint density at radius 1 is 1.31 bits per heavy atom. The summed E-state index contributed by atoms with van der Waals surface area (Å²) < 4.78 is 4.86. The number of ether oxygens (including phenoxy) is 1. The zero-order chi connectivity index (χ0) is 13.0. The zero-order valence-electron chi connectivity index (χ0n) is 11.8. The summed E-state index contributed by atoms with van der Waals surface area (Å²) in [5.41, 5.74) is -0.821. The smallest absolute Gasteiger partial charge is 0.313 e. The van der Waals surface area contributed by atoms with Crippen LogP contribution in [0.25, 0.3) is 0 Å². The number of hydrogen-bond acceptors (Lipinski definition) is 3. The van der Waals surface area contributed by atoms with Gasteiger partial charge in [0.25, 0.3) is 0 Å². The summed E-state index contributed by atoms with van der Waals surface area (Å²) in [4.78, 5) is 11.8. The van der Waals surface area contributed by atoms with Crippen LogP contribution < -0.4 is 5.32 Å². The Morgan fingerprint density at radius 2 is 1.81 bits per heavy atom. The molecular formula is C13H27NO2. The lowest BCUT2D eigenvalue weighted by Crippen LogP contribution is -2.57. The molecule has 0 radical (unpaired) electrons. The first-order valence-corrected chi connectivity index (χ1v) is 6.05. The van der Waals surface area contributed by atoms with Crippen molar-refractivity contribution in [1.29, 1.82) is 0 Å². The van der Waals surface area contributed by atoms with E-state index in [1.165, 1.54) is 7.11 Å². The predicted molar refractivity (Wildman–Crippen MR) is 67.4 cm³/mol. The van der Waals surface area contributed by atoms with Gasteiger partial charge in [-0.05, 0) is 41.0 Å². The van der Waals surface area contributed by atoms with Crippen molar-refractivity contribution in [3.63, 3.8) is 0 Å². The average Bonchev–Trinajstić information content (AvgIpc) is 2.15. The summed E-state index contributed by atoms with van der Waals surface area (Å²) in [5, 5.41) is 3.51. The molecule has 0 bridgehead atoms. The van der Waals surface area contributed by atoms with E-state index in [1.807, 2.05) is 13.8 Å². The fourth-order valence-electron chi connectivity index (χ4n) is 1.81. The maximum Gasteiger partial charge on any atom is 0.313 e. The molecule has 16 heavy (non-hydrogen) atoms. The molecule has 0 aliphatic carbocycles. The summed E-state index contributed by atoms with van der Waals surface area (Å²) in [6, 6.07) is 0.406. The van der Waals surface area contributed by atoms with E-state index in [9.17, 15) is 4.79 Å². The molecule has 0 amide bonds. The highest BCUT2D eigenvalue weighted by Crippen LogP contribution is 2.32. The van der Waals surface area contributed by atoms with Gasteiger partial charge in [-0.15, -0.1) is 0 Å². The first kappa shape index (κ1) is 15.4. The van der Waals surface area contributed by atoms with Crippen LogP contribution in [0.5, 0.6) is 0 Å². The van der Waals surface area contributed by atoms with Gasteiger partial charge < -0.3 is 10.1 Å². The Balaban J connectivity index is 4.69. The Hall–Kier alpha value is -0.570. The molecule has 0 saturated carbocycles. The molecule has 0 fully saturated rings. The predicted octanol–water partition coefficient (Wildman–Crippen LogP) is 2.74. The number of nitrogens with one attached hydrogen (secondary N) is 1. The van der Waals surface area contributed by atoms with Gasteiger partial charge in [0.05, 0.1) is 12.5 Å². The van der Waals surface area contributed by atoms with Crippen LogP contribution in [0.1, 0.15) is 54.4 Å². The summed E-state index contributed by atoms with van der Waals surface area (Å²) in [6.45, 7) is 12.3. The van der Waals surface area contributed by atoms with Gasteiger partial charge in [-0.2, -0.15) is 0 Å². The van der Waals surface area contributed by atoms with Crippen molar-refractivity contribution in [3.8, 4) is 0 Å². The number of esters is 1. The van der Waals surface area contributed by atoms with E-state index in [-0.39, 0.29) is 11.5 Å². The second-order valence-corrected chi connectivity index (χ2v) is 5.58. The molecule has 0 aromatic heterocycles. The third-order valence-electron chi connectivity index (χ3n) is 3.59. The van der Waals surface area contributed by atoms with Crippen molar-refractivity contribution in [2.75, 3.05) is 7.11 Å². The molecule has 3 heteroatoms. The van der Waals surface area contributed by atoms with Gasteiger partial charge in [0.2, 0.25) is 0 Å². The van der Waals surface area contributed by atoms with Gasteiger partial charge in [-0.1, -0.05) is 13.3 Å². The van der Waals surface area contributed by atoms with Crippen molar-refractivity contribution in [2.24, 2.45) is 5.41 Å². The lowest BCUT2D eigenvalue weighted by atomic mass is 9.74. The van der Waals surface area contributed by atoms with Gasteiger partial charge in [0.15, 0.2) is 0 Å². The first-order chi connectivity index (χ1) is 7.19. The van der Waals surface area contributed by atoms with Crippen molar-refractivity contribution < 1.29 is 9.53 Å². The molecular weight excluding hydrogens is 202 g/mol. The molecule has 3 nitrogen and oxygen atoms in total. The highest BCUT2D eigenvalue weighted by molar-refractivity contribution is 5.77. The van der Waals surface area contributed by atoms with Gasteiger partial charge in [-0.3, -0.25) is 4.79 Å². The third kappa shape index (κ3) is 3.48. The Labute approximate surface area is 99.9 Å². The lowest BCUT2D eigenvalue weighted by molar-refractivity contribution is -0.155. The zero-order valence-corrected chi connectivity index (χ0v) is 11.8. The molecule has 1 atom stereocenters. The minimum atomic E-state index is -0.538. The Kier molecular flexibility index (Phi) is 5.47. The van der Waals surface area contributed by atoms with E-state index < -0.39 is 5.41 Å². The minimum absolute atomic E-state index is 0.173. The van der Waals surface area contributed by atoms with Crippen LogP contribution in [0.3, 0.4) is 0 Å². The molecule has 0 heterocycles. The van der Waals surface area contributed by atoms with Crippen LogP contribution in [0, 0.1) is 5.41 Å². The number of carbonyl (C=O) groups is 1. The van der Waals surface area contributed by atoms with E-state index in [0.29, 0.717) is 6.04 Å². The van der Waals surface area contributed by atoms with Crippen LogP contribution in [0.4, 0.5) is 0 Å². The second kappa shape index (κ2) is 5.67. The highest BCUT2D eigenvalue weighted by atomic mass is 16.5. The second-order valence-electron chi connectivity index (χ2n) is 5.58. The molecule has 0 rings (SSSR count). The van der Waals surface area contributed by atoms with Crippen LogP contribution >= 0.6 is 0 Å². The van der Waals surface area contributed by atoms with Crippen LogP contribution in [-0.2, 0) is 9.53 Å². The topological polar surface area (TPSA) is 38.3 Å².